The molecule has 0 atom stereocenters. The van der Waals surface area contributed by atoms with E-state index in [4.69, 9.17) is 9.97 Å². The van der Waals surface area contributed by atoms with Crippen LogP contribution in [0.15, 0.2) is 133 Å². The fourth-order valence-electron chi connectivity index (χ4n) is 6.91. The van der Waals surface area contributed by atoms with E-state index in [9.17, 15) is 0 Å². The van der Waals surface area contributed by atoms with E-state index in [1.165, 1.54) is 31.9 Å². The van der Waals surface area contributed by atoms with E-state index in [2.05, 4.69) is 155 Å². The van der Waals surface area contributed by atoms with Crippen molar-refractivity contribution in [1.82, 2.24) is 9.97 Å². The van der Waals surface area contributed by atoms with Gasteiger partial charge in [0.25, 0.3) is 0 Å². The Balaban J connectivity index is 0.833. The molecule has 0 saturated heterocycles. The minimum absolute atomic E-state index is 0.858. The van der Waals surface area contributed by atoms with Gasteiger partial charge in [0, 0.05) is 57.8 Å². The lowest BCUT2D eigenvalue weighted by Crippen LogP contribution is -2.46. The van der Waals surface area contributed by atoms with Crippen LogP contribution in [0.25, 0.3) is 41.6 Å². The van der Waals surface area contributed by atoms with Gasteiger partial charge in [0.2, 0.25) is 0 Å². The number of rotatable bonds is 2. The molecule has 6 heteroatoms. The molecule has 4 heterocycles. The number of aromatic nitrogens is 2. The van der Waals surface area contributed by atoms with Gasteiger partial charge in [-0.3, -0.25) is 0 Å². The molecule has 10 rings (SSSR count). The van der Waals surface area contributed by atoms with E-state index >= 15 is 0 Å². The van der Waals surface area contributed by atoms with Gasteiger partial charge in [0.1, 0.15) is 10.0 Å². The van der Waals surface area contributed by atoms with E-state index in [1.807, 2.05) is 12.1 Å². The van der Waals surface area contributed by atoms with Crippen molar-refractivity contribution in [3.8, 4) is 44.8 Å². The van der Waals surface area contributed by atoms with Crippen LogP contribution in [0.1, 0.15) is 33.4 Å². The molecule has 240 valence electrons. The summed E-state index contributed by atoms with van der Waals surface area (Å²) in [5, 5.41) is 2.07. The highest BCUT2D eigenvalue weighted by Crippen LogP contribution is 2.39. The quantitative estimate of drug-likeness (QED) is 0.169. The van der Waals surface area contributed by atoms with Crippen molar-refractivity contribution in [3.63, 3.8) is 0 Å². The fraction of sp³-hybridized carbons (Fsp3) is 0.0667. The maximum atomic E-state index is 4.79. The highest BCUT2D eigenvalue weighted by atomic mass is 32.1. The highest BCUT2D eigenvalue weighted by molar-refractivity contribution is 7.22. The summed E-state index contributed by atoms with van der Waals surface area (Å²) in [5.74, 6) is 13.6. The highest BCUT2D eigenvalue weighted by Gasteiger charge is 2.29. The Hall–Kier alpha value is -6.18. The summed E-state index contributed by atoms with van der Waals surface area (Å²) in [4.78, 5) is 14.5. The Bertz CT molecular complexity index is 2500. The van der Waals surface area contributed by atoms with E-state index in [0.29, 0.717) is 0 Å². The molecule has 2 bridgehead atoms. The first kappa shape index (κ1) is 29.7. The van der Waals surface area contributed by atoms with Crippen molar-refractivity contribution in [2.75, 3.05) is 16.5 Å². The zero-order chi connectivity index (χ0) is 33.7. The Morgan fingerprint density at radius 1 is 0.451 bits per heavy atom. The summed E-state index contributed by atoms with van der Waals surface area (Å²) in [6, 6.07) is 46.7. The first-order chi connectivity index (χ1) is 25.2. The second-order valence-corrected chi connectivity index (χ2v) is 14.9. The standard InChI is InChI=1S/C45H28N4S2/c1-3-7-42-38(5-1)46-44(50-42)34-19-13-30(14-20-34)9-11-32-17-23-40-36(25-32)27-48-29-49(40)28-37-26-33(18-24-41(37)48)12-10-31-15-21-35(22-16-31)45-47-39-6-2-4-8-43(39)51-45/h1-8,13-26H,27-29H2. The van der Waals surface area contributed by atoms with Gasteiger partial charge in [-0.15, -0.1) is 22.7 Å². The number of fused-ring (bicyclic) bond motifs is 8. The largest absolute Gasteiger partial charge is 0.349 e. The molecule has 0 radical (unpaired) electrons. The summed E-state index contributed by atoms with van der Waals surface area (Å²) >= 11 is 3.44. The summed E-state index contributed by atoms with van der Waals surface area (Å²) in [6.45, 7) is 2.60. The van der Waals surface area contributed by atoms with E-state index < -0.39 is 0 Å². The van der Waals surface area contributed by atoms with Crippen molar-refractivity contribution in [2.45, 2.75) is 13.1 Å². The van der Waals surface area contributed by atoms with Gasteiger partial charge in [-0.05, 0) is 96.1 Å². The average molecular weight is 689 g/mol. The number of hydrogen-bond donors (Lipinski definition) is 0. The molecule has 4 nitrogen and oxygen atoms in total. The second-order valence-electron chi connectivity index (χ2n) is 12.9. The minimum Gasteiger partial charge on any atom is -0.349 e. The third-order valence-corrected chi connectivity index (χ3v) is 11.6. The molecular formula is C45H28N4S2. The molecule has 2 aromatic heterocycles. The lowest BCUT2D eigenvalue weighted by molar-refractivity contribution is 0.650. The molecule has 0 spiro atoms. The molecule has 0 N–H and O–H groups in total. The maximum absolute atomic E-state index is 4.79. The molecule has 0 amide bonds. The van der Waals surface area contributed by atoms with Crippen LogP contribution in [0.3, 0.4) is 0 Å². The van der Waals surface area contributed by atoms with Crippen LogP contribution in [0.4, 0.5) is 11.4 Å². The van der Waals surface area contributed by atoms with Crippen LogP contribution in [0, 0.1) is 23.7 Å². The monoisotopic (exact) mass is 688 g/mol. The molecule has 2 aliphatic heterocycles. The molecule has 0 fully saturated rings. The SMILES string of the molecule is C(#Cc1ccc2c(c1)CN1CN2Cc2cc(C#Cc3ccc(-c4nc5ccccc5s4)cc3)ccc21)c1ccc(-c2nc3ccccc3s2)cc1. The number of hydrogen-bond acceptors (Lipinski definition) is 6. The molecule has 8 aromatic rings. The lowest BCUT2D eigenvalue weighted by atomic mass is 9.98. The van der Waals surface area contributed by atoms with Crippen molar-refractivity contribution >= 4 is 54.5 Å². The molecule has 0 unspecified atom stereocenters. The average Bonchev–Trinajstić information content (AvgIpc) is 3.82. The zero-order valence-electron chi connectivity index (χ0n) is 27.4. The first-order valence-corrected chi connectivity index (χ1v) is 18.5. The fourth-order valence-corrected chi connectivity index (χ4v) is 8.85. The summed E-state index contributed by atoms with van der Waals surface area (Å²) in [7, 11) is 0. The summed E-state index contributed by atoms with van der Waals surface area (Å²) < 4.78 is 2.41. The predicted molar refractivity (Wildman–Crippen MR) is 212 cm³/mol. The molecule has 0 saturated carbocycles. The number of thiazole rings is 2. The van der Waals surface area contributed by atoms with Crippen molar-refractivity contribution in [3.05, 3.63) is 167 Å². The summed E-state index contributed by atoms with van der Waals surface area (Å²) in [6.07, 6.45) is 0. The van der Waals surface area contributed by atoms with Crippen molar-refractivity contribution in [2.24, 2.45) is 0 Å². The van der Waals surface area contributed by atoms with Gasteiger partial charge < -0.3 is 9.80 Å². The van der Waals surface area contributed by atoms with Crippen LogP contribution >= 0.6 is 22.7 Å². The molecule has 0 aliphatic carbocycles. The predicted octanol–water partition coefficient (Wildman–Crippen LogP) is 10.3. The normalized spacial score (nSPS) is 12.9. The third kappa shape index (κ3) is 5.71. The van der Waals surface area contributed by atoms with Gasteiger partial charge in [-0.2, -0.15) is 0 Å². The van der Waals surface area contributed by atoms with Crippen molar-refractivity contribution in [1.29, 1.82) is 0 Å². The Kier molecular flexibility index (Phi) is 7.17. The Morgan fingerprint density at radius 2 is 0.863 bits per heavy atom. The molecular weight excluding hydrogens is 661 g/mol. The first-order valence-electron chi connectivity index (χ1n) is 16.9. The topological polar surface area (TPSA) is 32.3 Å². The van der Waals surface area contributed by atoms with Crippen LogP contribution in [-0.2, 0) is 13.1 Å². The number of anilines is 2. The van der Waals surface area contributed by atoms with E-state index in [0.717, 1.165) is 74.2 Å². The Morgan fingerprint density at radius 3 is 1.31 bits per heavy atom. The molecule has 6 aromatic carbocycles. The van der Waals surface area contributed by atoms with Gasteiger partial charge in [-0.1, -0.05) is 72.2 Å². The van der Waals surface area contributed by atoms with Crippen LogP contribution in [-0.4, -0.2) is 16.6 Å². The van der Waals surface area contributed by atoms with Crippen molar-refractivity contribution < 1.29 is 0 Å². The van der Waals surface area contributed by atoms with Crippen LogP contribution < -0.4 is 9.80 Å². The van der Waals surface area contributed by atoms with Gasteiger partial charge in [0.15, 0.2) is 0 Å². The second kappa shape index (κ2) is 12.3. The van der Waals surface area contributed by atoms with Gasteiger partial charge in [-0.25, -0.2) is 9.97 Å². The number of benzene rings is 6. The Labute approximate surface area is 304 Å². The summed E-state index contributed by atoms with van der Waals surface area (Å²) in [5.41, 5.74) is 13.6. The van der Waals surface area contributed by atoms with Crippen LogP contribution in [0.5, 0.6) is 0 Å². The smallest absolute Gasteiger partial charge is 0.124 e. The van der Waals surface area contributed by atoms with Crippen LogP contribution in [0.2, 0.25) is 0 Å². The number of nitrogens with zero attached hydrogens (tertiary/aromatic N) is 4. The number of para-hydroxylation sites is 2. The molecule has 51 heavy (non-hydrogen) atoms. The van der Waals surface area contributed by atoms with Gasteiger partial charge in [0.05, 0.1) is 27.1 Å². The maximum Gasteiger partial charge on any atom is 0.124 e. The van der Waals surface area contributed by atoms with Gasteiger partial charge >= 0.3 is 0 Å². The van der Waals surface area contributed by atoms with E-state index in [1.54, 1.807) is 22.7 Å². The van der Waals surface area contributed by atoms with E-state index in [-0.39, 0.29) is 0 Å². The zero-order valence-corrected chi connectivity index (χ0v) is 29.1. The molecule has 2 aliphatic rings. The minimum atomic E-state index is 0.858. The lowest BCUT2D eigenvalue weighted by Gasteiger charge is -2.44. The third-order valence-electron chi connectivity index (χ3n) is 9.46.